The van der Waals surface area contributed by atoms with Crippen LogP contribution in [0.25, 0.3) is 6.08 Å². The zero-order valence-corrected chi connectivity index (χ0v) is 27.4. The summed E-state index contributed by atoms with van der Waals surface area (Å²) in [4.78, 5) is 31.8. The second kappa shape index (κ2) is 14.6. The molecule has 3 N–H and O–H groups in total. The van der Waals surface area contributed by atoms with E-state index >= 15 is 0 Å². The van der Waals surface area contributed by atoms with Crippen molar-refractivity contribution in [3.8, 4) is 5.75 Å². The van der Waals surface area contributed by atoms with E-state index in [-0.39, 0.29) is 36.1 Å². The van der Waals surface area contributed by atoms with Gasteiger partial charge in [-0.25, -0.2) is 0 Å². The Bertz CT molecular complexity index is 1430. The first kappa shape index (κ1) is 33.4. The van der Waals surface area contributed by atoms with Gasteiger partial charge in [0.2, 0.25) is 11.8 Å². The first-order valence-electron chi connectivity index (χ1n) is 16.5. The summed E-state index contributed by atoms with van der Waals surface area (Å²) in [6, 6.07) is 15.1. The van der Waals surface area contributed by atoms with Gasteiger partial charge in [-0.2, -0.15) is 0 Å². The number of aromatic hydroxyl groups is 1. The molecule has 2 aliphatic heterocycles. The number of fused-ring (bicyclic) bond motifs is 1. The minimum absolute atomic E-state index is 0.0693. The zero-order chi connectivity index (χ0) is 32.2. The predicted octanol–water partition coefficient (Wildman–Crippen LogP) is 6.21. The molecule has 2 aromatic rings. The number of aliphatic hydroxyl groups excluding tert-OH is 2. The summed E-state index contributed by atoms with van der Waals surface area (Å²) in [7, 11) is 0. The van der Waals surface area contributed by atoms with Gasteiger partial charge in [-0.3, -0.25) is 19.4 Å². The van der Waals surface area contributed by atoms with Crippen molar-refractivity contribution < 1.29 is 24.9 Å². The van der Waals surface area contributed by atoms with Crippen molar-refractivity contribution in [1.82, 2.24) is 9.80 Å². The van der Waals surface area contributed by atoms with Crippen LogP contribution in [0, 0.1) is 23.7 Å². The summed E-state index contributed by atoms with van der Waals surface area (Å²) < 4.78 is 0. The smallest absolute Gasteiger partial charge is 0.234 e. The molecule has 7 nitrogen and oxygen atoms in total. The summed E-state index contributed by atoms with van der Waals surface area (Å²) >= 11 is 6.34. The fourth-order valence-corrected chi connectivity index (χ4v) is 7.92. The number of allylic oxidation sites excluding steroid dienone is 2. The quantitative estimate of drug-likeness (QED) is 0.201. The van der Waals surface area contributed by atoms with Crippen LogP contribution >= 0.6 is 11.6 Å². The lowest BCUT2D eigenvalue weighted by Crippen LogP contribution is -2.47. The van der Waals surface area contributed by atoms with Gasteiger partial charge < -0.3 is 15.3 Å². The Hall–Kier alpha value is -2.97. The number of carbonyl (C=O) groups is 2. The highest BCUT2D eigenvalue weighted by Crippen LogP contribution is 2.49. The van der Waals surface area contributed by atoms with Gasteiger partial charge in [0.1, 0.15) is 5.75 Å². The molecular weight excluding hydrogens is 588 g/mol. The van der Waals surface area contributed by atoms with Gasteiger partial charge in [0.25, 0.3) is 0 Å². The highest BCUT2D eigenvalue weighted by atomic mass is 35.5. The molecule has 8 heteroatoms. The van der Waals surface area contributed by atoms with Crippen LogP contribution in [-0.2, 0) is 16.1 Å². The summed E-state index contributed by atoms with van der Waals surface area (Å²) in [5, 5.41) is 32.5. The number of hydrogen-bond donors (Lipinski definition) is 3. The highest BCUT2D eigenvalue weighted by Gasteiger charge is 2.56. The van der Waals surface area contributed by atoms with Crippen molar-refractivity contribution >= 4 is 29.5 Å². The minimum atomic E-state index is -0.844. The molecule has 1 aliphatic carbocycles. The maximum Gasteiger partial charge on any atom is 0.234 e. The molecule has 2 saturated heterocycles. The molecule has 0 unspecified atom stereocenters. The van der Waals surface area contributed by atoms with E-state index in [1.165, 1.54) is 16.5 Å². The molecule has 4 atom stereocenters. The van der Waals surface area contributed by atoms with Crippen LogP contribution in [0.15, 0.2) is 65.3 Å². The molecule has 0 bridgehead atoms. The van der Waals surface area contributed by atoms with Gasteiger partial charge in [-0.1, -0.05) is 79.9 Å². The second-order valence-electron chi connectivity index (χ2n) is 13.2. The Morgan fingerprint density at radius 2 is 1.78 bits per heavy atom. The highest BCUT2D eigenvalue weighted by molar-refractivity contribution is 6.32. The topological polar surface area (TPSA) is 101 Å². The Morgan fingerprint density at radius 1 is 1.07 bits per heavy atom. The second-order valence-corrected chi connectivity index (χ2v) is 13.6. The Morgan fingerprint density at radius 3 is 2.40 bits per heavy atom. The monoisotopic (exact) mass is 634 g/mol. The van der Waals surface area contributed by atoms with Gasteiger partial charge in [-0.15, -0.1) is 0 Å². The van der Waals surface area contributed by atoms with Crippen molar-refractivity contribution in [3.05, 3.63) is 81.4 Å². The van der Waals surface area contributed by atoms with Gasteiger partial charge in [-0.05, 0) is 79.3 Å². The Kier molecular flexibility index (Phi) is 10.9. The third kappa shape index (κ3) is 7.22. The third-order valence-corrected chi connectivity index (χ3v) is 10.4. The van der Waals surface area contributed by atoms with Gasteiger partial charge in [0, 0.05) is 31.6 Å². The molecule has 0 saturated carbocycles. The first-order chi connectivity index (χ1) is 21.6. The lowest BCUT2D eigenvalue weighted by Gasteiger charge is -2.38. The number of hydrogen-bond acceptors (Lipinski definition) is 6. The van der Waals surface area contributed by atoms with Crippen molar-refractivity contribution in [3.63, 3.8) is 0 Å². The molecule has 2 heterocycles. The number of halogens is 1. The van der Waals surface area contributed by atoms with E-state index < -0.39 is 23.9 Å². The van der Waals surface area contributed by atoms with Gasteiger partial charge in [0.15, 0.2) is 0 Å². The van der Waals surface area contributed by atoms with E-state index in [1.54, 1.807) is 12.1 Å². The van der Waals surface area contributed by atoms with E-state index in [0.717, 1.165) is 61.2 Å². The average molecular weight is 635 g/mol. The molecule has 3 aliphatic rings. The number of amides is 2. The number of phenols is 1. The van der Waals surface area contributed by atoms with E-state index in [1.807, 2.05) is 24.3 Å². The molecule has 5 rings (SSSR count). The molecule has 0 spiro atoms. The largest absolute Gasteiger partial charge is 0.508 e. The van der Waals surface area contributed by atoms with Crippen LogP contribution in [0.5, 0.6) is 5.75 Å². The molecule has 242 valence electrons. The third-order valence-electron chi connectivity index (χ3n) is 10.1. The number of nitrogens with zero attached hydrogens (tertiary/aromatic N) is 2. The minimum Gasteiger partial charge on any atom is -0.508 e. The van der Waals surface area contributed by atoms with Crippen LogP contribution in [0.1, 0.15) is 70.4 Å². The standard InChI is InChI=1S/C37H47ClN2O5/c1-4-24(18-26-11-12-28(42)19-32(26)38)10-13-33(43)34-29(23(2)3)20-30-35(31(34)22-41)37(45)40(36(30)44)27-14-16-39(17-15-27)21-25-8-6-5-7-9-25/h5-9,11-12,18-19,23,27,30-31,33,35,41-43H,4,10,13-17,20-22H2,1-3H3/b24-18+/t30-,31+,33-,35-/m1/s1. The number of piperidine rings is 1. The predicted molar refractivity (Wildman–Crippen MR) is 177 cm³/mol. The van der Waals surface area contributed by atoms with Crippen molar-refractivity contribution in [1.29, 1.82) is 0 Å². The van der Waals surface area contributed by atoms with Gasteiger partial charge in [0.05, 0.1) is 29.6 Å². The summed E-state index contributed by atoms with van der Waals surface area (Å²) in [6.45, 7) is 8.37. The van der Waals surface area contributed by atoms with Crippen LogP contribution in [0.2, 0.25) is 5.02 Å². The van der Waals surface area contributed by atoms with Crippen molar-refractivity contribution in [2.45, 2.75) is 78.0 Å². The van der Waals surface area contributed by atoms with E-state index in [4.69, 9.17) is 11.6 Å². The lowest BCUT2D eigenvalue weighted by atomic mass is 9.66. The molecule has 0 aromatic heterocycles. The number of imide groups is 1. The average Bonchev–Trinajstić information content (AvgIpc) is 3.28. The number of rotatable bonds is 11. The maximum atomic E-state index is 14.0. The molecule has 2 fully saturated rings. The van der Waals surface area contributed by atoms with Crippen molar-refractivity contribution in [2.75, 3.05) is 19.7 Å². The molecule has 2 amide bonds. The summed E-state index contributed by atoms with van der Waals surface area (Å²) in [6.07, 6.45) is 4.88. The lowest BCUT2D eigenvalue weighted by molar-refractivity contribution is -0.144. The van der Waals surface area contributed by atoms with Gasteiger partial charge >= 0.3 is 0 Å². The van der Waals surface area contributed by atoms with E-state index in [2.05, 4.69) is 37.8 Å². The fourth-order valence-electron chi connectivity index (χ4n) is 7.69. The normalized spacial score (nSPS) is 24.1. The number of benzene rings is 2. The molecule has 45 heavy (non-hydrogen) atoms. The maximum absolute atomic E-state index is 14.0. The summed E-state index contributed by atoms with van der Waals surface area (Å²) in [5.74, 6) is -1.84. The van der Waals surface area contributed by atoms with Crippen LogP contribution in [-0.4, -0.2) is 68.8 Å². The van der Waals surface area contributed by atoms with Crippen LogP contribution < -0.4 is 0 Å². The Labute approximate surface area is 272 Å². The molecule has 2 aromatic carbocycles. The van der Waals surface area contributed by atoms with Crippen molar-refractivity contribution in [2.24, 2.45) is 23.7 Å². The molecular formula is C37H47ClN2O5. The fraction of sp³-hybridized carbons (Fsp3) is 0.514. The van der Waals surface area contributed by atoms with Crippen LogP contribution in [0.4, 0.5) is 0 Å². The zero-order valence-electron chi connectivity index (χ0n) is 26.7. The summed E-state index contributed by atoms with van der Waals surface area (Å²) in [5.41, 5.74) is 4.89. The number of likely N-dealkylation sites (tertiary alicyclic amines) is 2. The van der Waals surface area contributed by atoms with Crippen LogP contribution in [0.3, 0.4) is 0 Å². The molecule has 0 radical (unpaired) electrons. The number of carbonyl (C=O) groups excluding carboxylic acids is 2. The number of aliphatic hydroxyl groups is 2. The van der Waals surface area contributed by atoms with E-state index in [0.29, 0.717) is 24.3 Å². The Balaban J connectivity index is 1.30. The first-order valence-corrected chi connectivity index (χ1v) is 16.8. The SMILES string of the molecule is CC/C(=C\c1ccc(O)cc1Cl)CC[C@@H](O)C1=C(C(C)C)C[C@H]2C(=O)N(C3CCN(Cc4ccccc4)CC3)C(=O)[C@H]2[C@H]1CO. The van der Waals surface area contributed by atoms with E-state index in [9.17, 15) is 24.9 Å². The number of phenolic OH excluding ortho intramolecular Hbond substituents is 1.